The third kappa shape index (κ3) is 4.12. The van der Waals surface area contributed by atoms with Crippen molar-refractivity contribution in [3.8, 4) is 0 Å². The van der Waals surface area contributed by atoms with Crippen LogP contribution in [0.25, 0.3) is 0 Å². The number of pyridine rings is 1. The van der Waals surface area contributed by atoms with Crippen LogP contribution >= 0.6 is 11.6 Å². The van der Waals surface area contributed by atoms with Crippen LogP contribution in [0.5, 0.6) is 0 Å². The van der Waals surface area contributed by atoms with Gasteiger partial charge in [0.2, 0.25) is 0 Å². The van der Waals surface area contributed by atoms with Gasteiger partial charge in [0.15, 0.2) is 0 Å². The maximum atomic E-state index is 6.36. The second-order valence-electron chi connectivity index (χ2n) is 4.60. The molecule has 0 aliphatic heterocycles. The summed E-state index contributed by atoms with van der Waals surface area (Å²) >= 11 is 6.36. The van der Waals surface area contributed by atoms with Gasteiger partial charge in [-0.3, -0.25) is 0 Å². The van der Waals surface area contributed by atoms with Gasteiger partial charge in [-0.15, -0.1) is 0 Å². The van der Waals surface area contributed by atoms with Gasteiger partial charge >= 0.3 is 0 Å². The van der Waals surface area contributed by atoms with Crippen LogP contribution in [0.1, 0.15) is 18.9 Å². The van der Waals surface area contributed by atoms with Crippen LogP contribution < -0.4 is 10.6 Å². The summed E-state index contributed by atoms with van der Waals surface area (Å²) in [6.07, 6.45) is 2.85. The zero-order chi connectivity index (χ0) is 13.5. The van der Waals surface area contributed by atoms with Crippen LogP contribution in [0, 0.1) is 0 Å². The molecular weight excluding hydrogens is 248 g/mol. The highest BCUT2D eigenvalue weighted by molar-refractivity contribution is 6.33. The molecule has 0 aromatic carbocycles. The van der Waals surface area contributed by atoms with Crippen LogP contribution in [-0.2, 0) is 6.54 Å². The van der Waals surface area contributed by atoms with E-state index in [1.54, 1.807) is 6.20 Å². The van der Waals surface area contributed by atoms with Crippen molar-refractivity contribution in [3.05, 3.63) is 22.8 Å². The van der Waals surface area contributed by atoms with E-state index in [4.69, 9.17) is 17.3 Å². The summed E-state index contributed by atoms with van der Waals surface area (Å²) in [5, 5.41) is 0.687. The predicted octanol–water partition coefficient (Wildman–Crippen LogP) is 1.97. The van der Waals surface area contributed by atoms with E-state index in [9.17, 15) is 0 Å². The summed E-state index contributed by atoms with van der Waals surface area (Å²) in [6.45, 7) is 5.45. The third-order valence-corrected chi connectivity index (χ3v) is 3.19. The van der Waals surface area contributed by atoms with Crippen LogP contribution in [0.4, 0.5) is 5.82 Å². The van der Waals surface area contributed by atoms with Crippen LogP contribution in [0.3, 0.4) is 0 Å². The molecular formula is C13H23ClN4. The molecule has 0 atom stereocenters. The smallest absolute Gasteiger partial charge is 0.147 e. The fourth-order valence-corrected chi connectivity index (χ4v) is 2.07. The van der Waals surface area contributed by atoms with Crippen molar-refractivity contribution in [3.63, 3.8) is 0 Å². The molecule has 0 aliphatic rings. The molecule has 5 heteroatoms. The van der Waals surface area contributed by atoms with Crippen molar-refractivity contribution in [2.24, 2.45) is 5.73 Å². The molecule has 0 amide bonds. The Bertz CT molecular complexity index is 368. The van der Waals surface area contributed by atoms with Gasteiger partial charge in [-0.2, -0.15) is 0 Å². The first-order valence-electron chi connectivity index (χ1n) is 6.33. The lowest BCUT2D eigenvalue weighted by atomic mass is 10.2. The molecule has 0 saturated carbocycles. The average molecular weight is 271 g/mol. The maximum absolute atomic E-state index is 6.36. The summed E-state index contributed by atoms with van der Waals surface area (Å²) in [5.41, 5.74) is 6.63. The minimum Gasteiger partial charge on any atom is -0.354 e. The second-order valence-corrected chi connectivity index (χ2v) is 4.98. The van der Waals surface area contributed by atoms with Crippen molar-refractivity contribution < 1.29 is 0 Å². The maximum Gasteiger partial charge on any atom is 0.147 e. The quantitative estimate of drug-likeness (QED) is 0.823. The summed E-state index contributed by atoms with van der Waals surface area (Å²) < 4.78 is 0. The highest BCUT2D eigenvalue weighted by Crippen LogP contribution is 2.26. The Labute approximate surface area is 115 Å². The van der Waals surface area contributed by atoms with E-state index in [1.165, 1.54) is 0 Å². The molecule has 1 aromatic heterocycles. The van der Waals surface area contributed by atoms with Crippen LogP contribution in [-0.4, -0.2) is 43.6 Å². The fourth-order valence-electron chi connectivity index (χ4n) is 1.76. The molecule has 0 saturated heterocycles. The summed E-state index contributed by atoms with van der Waals surface area (Å²) in [7, 11) is 4.13. The van der Waals surface area contributed by atoms with Crippen molar-refractivity contribution in [1.82, 2.24) is 9.88 Å². The minimum absolute atomic E-state index is 0.446. The molecule has 0 bridgehead atoms. The van der Waals surface area contributed by atoms with Gasteiger partial charge in [0.05, 0.1) is 5.02 Å². The number of anilines is 1. The number of halogens is 1. The average Bonchev–Trinajstić information content (AvgIpc) is 2.35. The third-order valence-electron chi connectivity index (χ3n) is 2.78. The summed E-state index contributed by atoms with van der Waals surface area (Å²) in [4.78, 5) is 8.78. The SMILES string of the molecule is CCCN(CCN(C)C)c1nccc(CN)c1Cl. The minimum atomic E-state index is 0.446. The monoisotopic (exact) mass is 270 g/mol. The van der Waals surface area contributed by atoms with Gasteiger partial charge in [-0.25, -0.2) is 4.98 Å². The van der Waals surface area contributed by atoms with Crippen molar-refractivity contribution in [1.29, 1.82) is 0 Å². The van der Waals surface area contributed by atoms with Crippen LogP contribution in [0.2, 0.25) is 5.02 Å². The van der Waals surface area contributed by atoms with E-state index in [1.807, 2.05) is 6.07 Å². The van der Waals surface area contributed by atoms with Crippen molar-refractivity contribution >= 4 is 17.4 Å². The Hall–Kier alpha value is -0.840. The number of hydrogen-bond acceptors (Lipinski definition) is 4. The van der Waals surface area contributed by atoms with Gasteiger partial charge in [0.1, 0.15) is 5.82 Å². The number of nitrogens with zero attached hydrogens (tertiary/aromatic N) is 3. The Morgan fingerprint density at radius 3 is 2.56 bits per heavy atom. The summed E-state index contributed by atoms with van der Waals surface area (Å²) in [5.74, 6) is 0.850. The molecule has 4 nitrogen and oxygen atoms in total. The van der Waals surface area contributed by atoms with Crippen molar-refractivity contribution in [2.75, 3.05) is 38.6 Å². The highest BCUT2D eigenvalue weighted by atomic mass is 35.5. The molecule has 102 valence electrons. The zero-order valence-electron chi connectivity index (χ0n) is 11.5. The van der Waals surface area contributed by atoms with E-state index >= 15 is 0 Å². The van der Waals surface area contributed by atoms with E-state index < -0.39 is 0 Å². The molecule has 0 radical (unpaired) electrons. The van der Waals surface area contributed by atoms with Crippen LogP contribution in [0.15, 0.2) is 12.3 Å². The second kappa shape index (κ2) is 7.56. The summed E-state index contributed by atoms with van der Waals surface area (Å²) in [6, 6.07) is 1.88. The zero-order valence-corrected chi connectivity index (χ0v) is 12.2. The Morgan fingerprint density at radius 2 is 2.00 bits per heavy atom. The normalized spacial score (nSPS) is 11.0. The molecule has 0 aliphatic carbocycles. The highest BCUT2D eigenvalue weighted by Gasteiger charge is 2.13. The van der Waals surface area contributed by atoms with E-state index in [0.717, 1.165) is 37.4 Å². The molecule has 1 aromatic rings. The molecule has 1 rings (SSSR count). The molecule has 1 heterocycles. The molecule has 18 heavy (non-hydrogen) atoms. The Morgan fingerprint density at radius 1 is 1.28 bits per heavy atom. The fraction of sp³-hybridized carbons (Fsp3) is 0.615. The number of nitrogens with two attached hydrogens (primary N) is 1. The standard InChI is InChI=1S/C13H23ClN4/c1-4-7-18(9-8-17(2)3)13-12(14)11(10-15)5-6-16-13/h5-6H,4,7-10,15H2,1-3H3. The van der Waals surface area contributed by atoms with Gasteiger partial charge in [-0.05, 0) is 32.1 Å². The predicted molar refractivity (Wildman–Crippen MR) is 78.2 cm³/mol. The van der Waals surface area contributed by atoms with Gasteiger partial charge in [-0.1, -0.05) is 18.5 Å². The first kappa shape index (κ1) is 15.2. The number of aromatic nitrogens is 1. The topological polar surface area (TPSA) is 45.4 Å². The number of rotatable bonds is 7. The van der Waals surface area contributed by atoms with E-state index in [-0.39, 0.29) is 0 Å². The lowest BCUT2D eigenvalue weighted by Gasteiger charge is -2.26. The largest absolute Gasteiger partial charge is 0.354 e. The Balaban J connectivity index is 2.90. The van der Waals surface area contributed by atoms with E-state index in [0.29, 0.717) is 11.6 Å². The molecule has 2 N–H and O–H groups in total. The van der Waals surface area contributed by atoms with Gasteiger partial charge < -0.3 is 15.5 Å². The first-order chi connectivity index (χ1) is 8.60. The lowest BCUT2D eigenvalue weighted by molar-refractivity contribution is 0.412. The van der Waals surface area contributed by atoms with Crippen molar-refractivity contribution in [2.45, 2.75) is 19.9 Å². The van der Waals surface area contributed by atoms with Gasteiger partial charge in [0, 0.05) is 32.4 Å². The lowest BCUT2D eigenvalue weighted by Crippen LogP contribution is -2.33. The Kier molecular flexibility index (Phi) is 6.39. The van der Waals surface area contributed by atoms with Gasteiger partial charge in [0.25, 0.3) is 0 Å². The number of likely N-dealkylation sites (N-methyl/N-ethyl adjacent to an activating group) is 1. The first-order valence-corrected chi connectivity index (χ1v) is 6.71. The van der Waals surface area contributed by atoms with E-state index in [2.05, 4.69) is 35.8 Å². The number of hydrogen-bond donors (Lipinski definition) is 1. The molecule has 0 unspecified atom stereocenters. The molecule has 0 fully saturated rings. The molecule has 0 spiro atoms.